The molecule has 2 fully saturated rings. The van der Waals surface area contributed by atoms with Crippen molar-refractivity contribution in [3.63, 3.8) is 0 Å². The van der Waals surface area contributed by atoms with Crippen LogP contribution in [0, 0.1) is 0 Å². The van der Waals surface area contributed by atoms with E-state index in [0.717, 1.165) is 19.3 Å². The second-order valence-corrected chi connectivity index (χ2v) is 5.41. The fourth-order valence-corrected chi connectivity index (χ4v) is 2.85. The Morgan fingerprint density at radius 2 is 2.21 bits per heavy atom. The molecule has 102 valence electrons. The lowest BCUT2D eigenvalue weighted by Crippen LogP contribution is -2.51. The molecule has 1 spiro atoms. The van der Waals surface area contributed by atoms with Crippen LogP contribution in [-0.2, 0) is 20.9 Å². The summed E-state index contributed by atoms with van der Waals surface area (Å²) in [5.74, 6) is -0.0146. The van der Waals surface area contributed by atoms with Gasteiger partial charge in [-0.05, 0) is 18.4 Å². The summed E-state index contributed by atoms with van der Waals surface area (Å²) in [6, 6.07) is 10.2. The fourth-order valence-electron chi connectivity index (χ4n) is 2.85. The number of benzene rings is 1. The van der Waals surface area contributed by atoms with Crippen molar-refractivity contribution in [1.82, 2.24) is 5.32 Å². The first kappa shape index (κ1) is 12.6. The monoisotopic (exact) mass is 261 g/mol. The van der Waals surface area contributed by atoms with E-state index >= 15 is 0 Å². The van der Waals surface area contributed by atoms with Crippen molar-refractivity contribution in [2.75, 3.05) is 13.2 Å². The Balaban J connectivity index is 1.51. The van der Waals surface area contributed by atoms with Gasteiger partial charge in [0, 0.05) is 13.0 Å². The van der Waals surface area contributed by atoms with Gasteiger partial charge in [-0.1, -0.05) is 30.3 Å². The highest BCUT2D eigenvalue weighted by Gasteiger charge is 2.43. The topological polar surface area (TPSA) is 47.6 Å². The maximum Gasteiger partial charge on any atom is 0.246 e. The molecule has 1 heterocycles. The molecule has 1 amide bonds. The lowest BCUT2D eigenvalue weighted by molar-refractivity contribution is -0.144. The van der Waals surface area contributed by atoms with Crippen molar-refractivity contribution < 1.29 is 14.3 Å². The number of amides is 1. The predicted molar refractivity (Wildman–Crippen MR) is 70.6 cm³/mol. The van der Waals surface area contributed by atoms with Gasteiger partial charge in [0.25, 0.3) is 0 Å². The van der Waals surface area contributed by atoms with Crippen LogP contribution >= 0.6 is 0 Å². The third-order valence-electron chi connectivity index (χ3n) is 3.97. The number of ether oxygens (including phenoxy) is 2. The minimum absolute atomic E-state index is 0.0146. The number of rotatable bonds is 3. The van der Waals surface area contributed by atoms with Gasteiger partial charge in [-0.25, -0.2) is 0 Å². The highest BCUT2D eigenvalue weighted by molar-refractivity contribution is 5.78. The maximum absolute atomic E-state index is 11.1. The molecule has 1 N–H and O–H groups in total. The lowest BCUT2D eigenvalue weighted by atomic mass is 10.0. The van der Waals surface area contributed by atoms with Crippen molar-refractivity contribution in [1.29, 1.82) is 0 Å². The molecule has 3 rings (SSSR count). The molecule has 2 aliphatic rings. The zero-order valence-electron chi connectivity index (χ0n) is 10.9. The summed E-state index contributed by atoms with van der Waals surface area (Å²) in [5, 5.41) is 2.89. The summed E-state index contributed by atoms with van der Waals surface area (Å²) in [7, 11) is 0. The van der Waals surface area contributed by atoms with Crippen molar-refractivity contribution in [3.8, 4) is 0 Å². The zero-order valence-corrected chi connectivity index (χ0v) is 10.9. The molecule has 19 heavy (non-hydrogen) atoms. The van der Waals surface area contributed by atoms with Crippen LogP contribution in [0.3, 0.4) is 0 Å². The second kappa shape index (κ2) is 5.31. The molecular formula is C15H19NO3. The van der Waals surface area contributed by atoms with Crippen LogP contribution in [0.5, 0.6) is 0 Å². The molecule has 1 aliphatic heterocycles. The van der Waals surface area contributed by atoms with Crippen LogP contribution in [0.15, 0.2) is 30.3 Å². The van der Waals surface area contributed by atoms with Crippen LogP contribution in [0.4, 0.5) is 0 Å². The second-order valence-electron chi connectivity index (χ2n) is 5.41. The molecule has 1 aromatic rings. The van der Waals surface area contributed by atoms with Crippen LogP contribution in [0.25, 0.3) is 0 Å². The number of carbonyl (C=O) groups excluding carboxylic acids is 1. The first-order valence-corrected chi connectivity index (χ1v) is 6.82. The Kier molecular flexibility index (Phi) is 3.53. The van der Waals surface area contributed by atoms with Crippen LogP contribution < -0.4 is 5.32 Å². The van der Waals surface area contributed by atoms with Gasteiger partial charge in [0.05, 0.1) is 18.3 Å². The summed E-state index contributed by atoms with van der Waals surface area (Å²) in [6.45, 7) is 1.45. The molecule has 0 aromatic heterocycles. The van der Waals surface area contributed by atoms with Gasteiger partial charge in [0.15, 0.2) is 0 Å². The smallest absolute Gasteiger partial charge is 0.246 e. The maximum atomic E-state index is 11.1. The Morgan fingerprint density at radius 1 is 1.37 bits per heavy atom. The molecule has 4 nitrogen and oxygen atoms in total. The molecule has 1 saturated heterocycles. The highest BCUT2D eigenvalue weighted by atomic mass is 16.5. The summed E-state index contributed by atoms with van der Waals surface area (Å²) < 4.78 is 11.7. The van der Waals surface area contributed by atoms with Gasteiger partial charge in [-0.3, -0.25) is 4.79 Å². The Morgan fingerprint density at radius 3 is 2.95 bits per heavy atom. The third kappa shape index (κ3) is 2.96. The van der Waals surface area contributed by atoms with E-state index in [1.807, 2.05) is 18.2 Å². The molecular weight excluding hydrogens is 242 g/mol. The number of hydrogen-bond donors (Lipinski definition) is 1. The average molecular weight is 261 g/mol. The van der Waals surface area contributed by atoms with Gasteiger partial charge < -0.3 is 14.8 Å². The number of carbonyl (C=O) groups is 1. The van der Waals surface area contributed by atoms with Crippen LogP contribution in [-0.4, -0.2) is 30.8 Å². The summed E-state index contributed by atoms with van der Waals surface area (Å²) in [4.78, 5) is 11.1. The van der Waals surface area contributed by atoms with Crippen molar-refractivity contribution >= 4 is 5.91 Å². The van der Waals surface area contributed by atoms with Gasteiger partial charge in [-0.2, -0.15) is 0 Å². The molecule has 1 aromatic carbocycles. The van der Waals surface area contributed by atoms with E-state index in [9.17, 15) is 4.79 Å². The van der Waals surface area contributed by atoms with E-state index in [1.165, 1.54) is 5.56 Å². The normalized spacial score (nSPS) is 30.5. The molecule has 1 saturated carbocycles. The van der Waals surface area contributed by atoms with E-state index in [0.29, 0.717) is 13.2 Å². The molecule has 2 atom stereocenters. The predicted octanol–water partition coefficient (Wildman–Crippen LogP) is 1.64. The van der Waals surface area contributed by atoms with Crippen molar-refractivity contribution in [2.45, 2.75) is 37.6 Å². The minimum atomic E-state index is -0.185. The van der Waals surface area contributed by atoms with Gasteiger partial charge in [0.2, 0.25) is 5.91 Å². The number of morpholine rings is 1. The SMILES string of the molecule is O=C1COC2(CCC(OCc3ccccc3)C2)CN1. The summed E-state index contributed by atoms with van der Waals surface area (Å²) in [6.07, 6.45) is 3.07. The number of hydrogen-bond acceptors (Lipinski definition) is 3. The highest BCUT2D eigenvalue weighted by Crippen LogP contribution is 2.36. The molecule has 0 bridgehead atoms. The first-order chi connectivity index (χ1) is 9.26. The van der Waals surface area contributed by atoms with Crippen molar-refractivity contribution in [3.05, 3.63) is 35.9 Å². The van der Waals surface area contributed by atoms with E-state index < -0.39 is 0 Å². The largest absolute Gasteiger partial charge is 0.373 e. The standard InChI is InChI=1S/C15H19NO3/c17-14-10-19-15(11-16-14)7-6-13(8-15)18-9-12-4-2-1-3-5-12/h1-5,13H,6-11H2,(H,16,17). The molecule has 0 radical (unpaired) electrons. The summed E-state index contributed by atoms with van der Waals surface area (Å²) >= 11 is 0. The quantitative estimate of drug-likeness (QED) is 0.900. The van der Waals surface area contributed by atoms with Crippen molar-refractivity contribution in [2.24, 2.45) is 0 Å². The van der Waals surface area contributed by atoms with Gasteiger partial charge in [-0.15, -0.1) is 0 Å². The van der Waals surface area contributed by atoms with E-state index in [2.05, 4.69) is 17.4 Å². The Hall–Kier alpha value is -1.39. The molecule has 1 aliphatic carbocycles. The number of nitrogens with one attached hydrogen (secondary N) is 1. The van der Waals surface area contributed by atoms with Crippen LogP contribution in [0.1, 0.15) is 24.8 Å². The Labute approximate surface area is 113 Å². The van der Waals surface area contributed by atoms with Gasteiger partial charge in [0.1, 0.15) is 6.61 Å². The van der Waals surface area contributed by atoms with Crippen LogP contribution in [0.2, 0.25) is 0 Å². The Bertz CT molecular complexity index is 436. The molecule has 2 unspecified atom stereocenters. The minimum Gasteiger partial charge on any atom is -0.373 e. The van der Waals surface area contributed by atoms with E-state index in [4.69, 9.17) is 9.47 Å². The lowest BCUT2D eigenvalue weighted by Gasteiger charge is -2.33. The molecule has 4 heteroatoms. The van der Waals surface area contributed by atoms with Gasteiger partial charge >= 0.3 is 0 Å². The van der Waals surface area contributed by atoms with E-state index in [1.54, 1.807) is 0 Å². The first-order valence-electron chi connectivity index (χ1n) is 6.82. The third-order valence-corrected chi connectivity index (χ3v) is 3.97. The average Bonchev–Trinajstić information content (AvgIpc) is 2.85. The zero-order chi connectivity index (χ0) is 13.1. The summed E-state index contributed by atoms with van der Waals surface area (Å²) in [5.41, 5.74) is 1.01. The van der Waals surface area contributed by atoms with E-state index in [-0.39, 0.29) is 24.2 Å². The fraction of sp³-hybridized carbons (Fsp3) is 0.533.